The maximum absolute atomic E-state index is 12.6. The smallest absolute Gasteiger partial charge is 0.200 e. The number of methoxy groups -OCH3 is 2. The SMILES string of the molecule is COc1cc(Br)ccc1C(=O)c1cc(Cl)ccc1OC. The number of ketones is 1. The Bertz CT molecular complexity index is 656. The fourth-order valence-electron chi connectivity index (χ4n) is 1.86. The van der Waals surface area contributed by atoms with Crippen LogP contribution in [0.15, 0.2) is 40.9 Å². The van der Waals surface area contributed by atoms with Crippen molar-refractivity contribution in [3.05, 3.63) is 57.0 Å². The molecular formula is C15H12BrClO3. The van der Waals surface area contributed by atoms with Crippen LogP contribution in [-0.2, 0) is 0 Å². The largest absolute Gasteiger partial charge is 0.496 e. The fraction of sp³-hybridized carbons (Fsp3) is 0.133. The van der Waals surface area contributed by atoms with E-state index in [1.54, 1.807) is 36.4 Å². The van der Waals surface area contributed by atoms with Crippen LogP contribution in [0.2, 0.25) is 5.02 Å². The normalized spacial score (nSPS) is 10.2. The molecule has 0 fully saturated rings. The highest BCUT2D eigenvalue weighted by atomic mass is 79.9. The van der Waals surface area contributed by atoms with Crippen molar-refractivity contribution in [3.63, 3.8) is 0 Å². The quantitative estimate of drug-likeness (QED) is 0.765. The Labute approximate surface area is 130 Å². The molecule has 0 aromatic heterocycles. The third kappa shape index (κ3) is 2.97. The van der Waals surface area contributed by atoms with E-state index >= 15 is 0 Å². The molecule has 0 unspecified atom stereocenters. The molecule has 0 aliphatic carbocycles. The van der Waals surface area contributed by atoms with Gasteiger partial charge in [0.2, 0.25) is 5.78 Å². The van der Waals surface area contributed by atoms with Crippen molar-refractivity contribution < 1.29 is 14.3 Å². The number of benzene rings is 2. The lowest BCUT2D eigenvalue weighted by Gasteiger charge is -2.11. The van der Waals surface area contributed by atoms with Crippen molar-refractivity contribution in [1.82, 2.24) is 0 Å². The molecule has 20 heavy (non-hydrogen) atoms. The minimum atomic E-state index is -0.200. The van der Waals surface area contributed by atoms with E-state index in [0.717, 1.165) is 4.47 Å². The molecule has 0 N–H and O–H groups in total. The molecule has 0 spiro atoms. The Balaban J connectivity index is 2.54. The van der Waals surface area contributed by atoms with Crippen molar-refractivity contribution >= 4 is 33.3 Å². The van der Waals surface area contributed by atoms with Crippen molar-refractivity contribution in [3.8, 4) is 11.5 Å². The van der Waals surface area contributed by atoms with Gasteiger partial charge in [-0.15, -0.1) is 0 Å². The number of rotatable bonds is 4. The van der Waals surface area contributed by atoms with Crippen LogP contribution in [-0.4, -0.2) is 20.0 Å². The van der Waals surface area contributed by atoms with Gasteiger partial charge in [0, 0.05) is 9.50 Å². The Hall–Kier alpha value is -1.52. The monoisotopic (exact) mass is 354 g/mol. The summed E-state index contributed by atoms with van der Waals surface area (Å²) in [7, 11) is 3.03. The third-order valence-electron chi connectivity index (χ3n) is 2.81. The van der Waals surface area contributed by atoms with E-state index in [1.807, 2.05) is 0 Å². The second kappa shape index (κ2) is 6.29. The van der Waals surface area contributed by atoms with Gasteiger partial charge in [0.1, 0.15) is 11.5 Å². The summed E-state index contributed by atoms with van der Waals surface area (Å²) in [6.45, 7) is 0. The number of halogens is 2. The van der Waals surface area contributed by atoms with Gasteiger partial charge in [-0.1, -0.05) is 27.5 Å². The molecule has 0 aliphatic rings. The zero-order chi connectivity index (χ0) is 14.7. The highest BCUT2D eigenvalue weighted by molar-refractivity contribution is 9.10. The predicted octanol–water partition coefficient (Wildman–Crippen LogP) is 4.35. The summed E-state index contributed by atoms with van der Waals surface area (Å²) >= 11 is 9.30. The maximum atomic E-state index is 12.6. The number of ether oxygens (including phenoxy) is 2. The summed E-state index contributed by atoms with van der Waals surface area (Å²) in [6.07, 6.45) is 0. The molecule has 0 bridgehead atoms. The van der Waals surface area contributed by atoms with Gasteiger partial charge in [0.15, 0.2) is 0 Å². The van der Waals surface area contributed by atoms with E-state index in [4.69, 9.17) is 21.1 Å². The molecule has 0 amide bonds. The zero-order valence-electron chi connectivity index (χ0n) is 10.9. The van der Waals surface area contributed by atoms with E-state index in [2.05, 4.69) is 15.9 Å². The second-order valence-corrected chi connectivity index (χ2v) is 5.37. The van der Waals surface area contributed by atoms with Crippen molar-refractivity contribution in [1.29, 1.82) is 0 Å². The average molecular weight is 356 g/mol. The van der Waals surface area contributed by atoms with Gasteiger partial charge in [-0.05, 0) is 36.4 Å². The van der Waals surface area contributed by atoms with Crippen molar-refractivity contribution in [2.45, 2.75) is 0 Å². The lowest BCUT2D eigenvalue weighted by Crippen LogP contribution is -2.06. The van der Waals surface area contributed by atoms with Crippen LogP contribution in [0.5, 0.6) is 11.5 Å². The molecule has 0 atom stereocenters. The Kier molecular flexibility index (Phi) is 4.68. The van der Waals surface area contributed by atoms with Gasteiger partial charge in [0.25, 0.3) is 0 Å². The first kappa shape index (κ1) is 14.9. The Morgan fingerprint density at radius 2 is 1.70 bits per heavy atom. The summed E-state index contributed by atoms with van der Waals surface area (Å²) in [6, 6.07) is 10.2. The highest BCUT2D eigenvalue weighted by Crippen LogP contribution is 2.30. The first-order chi connectivity index (χ1) is 9.56. The van der Waals surface area contributed by atoms with Crippen LogP contribution < -0.4 is 9.47 Å². The van der Waals surface area contributed by atoms with Crippen LogP contribution in [0, 0.1) is 0 Å². The summed E-state index contributed by atoms with van der Waals surface area (Å²) in [4.78, 5) is 12.6. The van der Waals surface area contributed by atoms with Crippen molar-refractivity contribution in [2.24, 2.45) is 0 Å². The molecule has 2 rings (SSSR count). The number of carbonyl (C=O) groups excluding carboxylic acids is 1. The number of carbonyl (C=O) groups is 1. The van der Waals surface area contributed by atoms with E-state index in [-0.39, 0.29) is 5.78 Å². The Morgan fingerprint density at radius 1 is 1.00 bits per heavy atom. The summed E-state index contributed by atoms with van der Waals surface area (Å²) in [5.74, 6) is 0.768. The minimum absolute atomic E-state index is 0.200. The van der Waals surface area contributed by atoms with E-state index in [0.29, 0.717) is 27.6 Å². The van der Waals surface area contributed by atoms with Gasteiger partial charge in [-0.25, -0.2) is 0 Å². The third-order valence-corrected chi connectivity index (χ3v) is 3.54. The zero-order valence-corrected chi connectivity index (χ0v) is 13.3. The second-order valence-electron chi connectivity index (χ2n) is 4.02. The standard InChI is InChI=1S/C15H12BrClO3/c1-19-13-6-4-10(17)8-12(13)15(18)11-5-3-9(16)7-14(11)20-2/h3-8H,1-2H3. The van der Waals surface area contributed by atoms with E-state index in [1.165, 1.54) is 14.2 Å². The Morgan fingerprint density at radius 3 is 2.35 bits per heavy atom. The molecule has 0 aliphatic heterocycles. The molecule has 0 heterocycles. The van der Waals surface area contributed by atoms with E-state index in [9.17, 15) is 4.79 Å². The molecule has 2 aromatic carbocycles. The summed E-state index contributed by atoms with van der Waals surface area (Å²) < 4.78 is 11.3. The van der Waals surface area contributed by atoms with Gasteiger partial charge in [-0.2, -0.15) is 0 Å². The lowest BCUT2D eigenvalue weighted by molar-refractivity contribution is 0.103. The molecular weight excluding hydrogens is 344 g/mol. The van der Waals surface area contributed by atoms with Crippen LogP contribution >= 0.6 is 27.5 Å². The molecule has 0 radical (unpaired) electrons. The topological polar surface area (TPSA) is 35.5 Å². The van der Waals surface area contributed by atoms with Gasteiger partial charge in [-0.3, -0.25) is 4.79 Å². The molecule has 3 nitrogen and oxygen atoms in total. The number of hydrogen-bond acceptors (Lipinski definition) is 3. The average Bonchev–Trinajstić information content (AvgIpc) is 2.46. The highest BCUT2D eigenvalue weighted by Gasteiger charge is 2.19. The summed E-state index contributed by atoms with van der Waals surface area (Å²) in [5.41, 5.74) is 0.858. The first-order valence-electron chi connectivity index (χ1n) is 5.78. The molecule has 2 aromatic rings. The lowest BCUT2D eigenvalue weighted by atomic mass is 10.0. The predicted molar refractivity (Wildman–Crippen MR) is 82.1 cm³/mol. The number of hydrogen-bond donors (Lipinski definition) is 0. The fourth-order valence-corrected chi connectivity index (χ4v) is 2.37. The molecule has 0 saturated heterocycles. The van der Waals surface area contributed by atoms with Crippen molar-refractivity contribution in [2.75, 3.05) is 14.2 Å². The van der Waals surface area contributed by atoms with Gasteiger partial charge in [0.05, 0.1) is 25.3 Å². The van der Waals surface area contributed by atoms with Crippen LogP contribution in [0.4, 0.5) is 0 Å². The van der Waals surface area contributed by atoms with Crippen LogP contribution in [0.1, 0.15) is 15.9 Å². The first-order valence-corrected chi connectivity index (χ1v) is 6.95. The molecule has 5 heteroatoms. The minimum Gasteiger partial charge on any atom is -0.496 e. The van der Waals surface area contributed by atoms with Crippen LogP contribution in [0.25, 0.3) is 0 Å². The van der Waals surface area contributed by atoms with Crippen LogP contribution in [0.3, 0.4) is 0 Å². The van der Waals surface area contributed by atoms with Gasteiger partial charge >= 0.3 is 0 Å². The maximum Gasteiger partial charge on any atom is 0.200 e. The van der Waals surface area contributed by atoms with Gasteiger partial charge < -0.3 is 9.47 Å². The molecule has 104 valence electrons. The summed E-state index contributed by atoms with van der Waals surface area (Å²) in [5, 5.41) is 0.477. The van der Waals surface area contributed by atoms with E-state index < -0.39 is 0 Å². The molecule has 0 saturated carbocycles.